The smallest absolute Gasteiger partial charge is 0.126 e. The van der Waals surface area contributed by atoms with Crippen LogP contribution in [0.1, 0.15) is 11.3 Å². The molecular weight excluding hydrogens is 216 g/mol. The zero-order valence-corrected chi connectivity index (χ0v) is 9.82. The van der Waals surface area contributed by atoms with Crippen LogP contribution in [0.15, 0.2) is 60.2 Å². The van der Waals surface area contributed by atoms with Crippen LogP contribution in [0.2, 0.25) is 0 Å². The fraction of sp³-hybridized carbons (Fsp3) is 0.143. The number of thiophene rings is 1. The molecule has 0 aliphatic heterocycles. The Kier molecular flexibility index (Phi) is 4.20. The first kappa shape index (κ1) is 11.0. The Hall–Kier alpha value is -1.54. The molecule has 2 heteroatoms. The van der Waals surface area contributed by atoms with Crippen molar-refractivity contribution in [3.8, 4) is 5.75 Å². The highest BCUT2D eigenvalue weighted by molar-refractivity contribution is 7.09. The third-order valence-corrected chi connectivity index (χ3v) is 3.12. The molecule has 2 rings (SSSR count). The Labute approximate surface area is 100 Å². The van der Waals surface area contributed by atoms with Gasteiger partial charge in [-0.25, -0.2) is 0 Å². The van der Waals surface area contributed by atoms with Crippen LogP contribution in [0.25, 0.3) is 0 Å². The van der Waals surface area contributed by atoms with E-state index in [1.165, 1.54) is 4.88 Å². The van der Waals surface area contributed by atoms with Gasteiger partial charge in [-0.15, -0.1) is 11.3 Å². The van der Waals surface area contributed by atoms with Crippen LogP contribution in [0.5, 0.6) is 5.75 Å². The maximum Gasteiger partial charge on any atom is 0.126 e. The highest BCUT2D eigenvalue weighted by atomic mass is 32.1. The van der Waals surface area contributed by atoms with Gasteiger partial charge >= 0.3 is 0 Å². The van der Waals surface area contributed by atoms with Crippen molar-refractivity contribution in [2.75, 3.05) is 0 Å². The van der Waals surface area contributed by atoms with Crippen molar-refractivity contribution >= 4 is 11.3 Å². The van der Waals surface area contributed by atoms with Crippen LogP contribution in [-0.2, 0) is 6.42 Å². The van der Waals surface area contributed by atoms with Crippen LogP contribution in [-0.4, -0.2) is 0 Å². The van der Waals surface area contributed by atoms with Crippen molar-refractivity contribution in [1.29, 1.82) is 0 Å². The lowest BCUT2D eigenvalue weighted by atomic mass is 10.3. The van der Waals surface area contributed by atoms with Crippen molar-refractivity contribution < 1.29 is 4.74 Å². The highest BCUT2D eigenvalue weighted by Crippen LogP contribution is 2.12. The average Bonchev–Trinajstić information content (AvgIpc) is 2.83. The molecule has 0 atom stereocenters. The first-order valence-corrected chi connectivity index (χ1v) is 6.22. The van der Waals surface area contributed by atoms with Gasteiger partial charge in [0.2, 0.25) is 0 Å². The molecule has 0 fully saturated rings. The number of aryl methyl sites for hydroxylation is 1. The molecule has 1 nitrogen and oxygen atoms in total. The van der Waals surface area contributed by atoms with E-state index in [9.17, 15) is 0 Å². The number of rotatable bonds is 5. The second-order valence-corrected chi connectivity index (χ2v) is 4.45. The molecule has 0 aliphatic rings. The molecule has 1 heterocycles. The van der Waals surface area contributed by atoms with E-state index < -0.39 is 0 Å². The van der Waals surface area contributed by atoms with Gasteiger partial charge in [0, 0.05) is 4.88 Å². The van der Waals surface area contributed by atoms with Crippen molar-refractivity contribution in [2.45, 2.75) is 12.8 Å². The van der Waals surface area contributed by atoms with Gasteiger partial charge in [0.1, 0.15) is 5.75 Å². The molecule has 0 unspecified atom stereocenters. The zero-order chi connectivity index (χ0) is 11.1. The fourth-order valence-electron chi connectivity index (χ4n) is 1.37. The average molecular weight is 230 g/mol. The topological polar surface area (TPSA) is 9.23 Å². The molecule has 0 saturated carbocycles. The number of benzene rings is 1. The van der Waals surface area contributed by atoms with E-state index in [1.807, 2.05) is 30.3 Å². The Morgan fingerprint density at radius 3 is 2.69 bits per heavy atom. The Bertz CT molecular complexity index is 417. The molecule has 16 heavy (non-hydrogen) atoms. The first-order valence-electron chi connectivity index (χ1n) is 5.34. The van der Waals surface area contributed by atoms with E-state index in [4.69, 9.17) is 4.74 Å². The van der Waals surface area contributed by atoms with Crippen LogP contribution in [0.3, 0.4) is 0 Å². The molecule has 0 N–H and O–H groups in total. The third-order valence-electron chi connectivity index (χ3n) is 2.18. The summed E-state index contributed by atoms with van der Waals surface area (Å²) in [5, 5.41) is 2.11. The molecule has 0 bridgehead atoms. The van der Waals surface area contributed by atoms with Crippen molar-refractivity contribution in [2.24, 2.45) is 0 Å². The summed E-state index contributed by atoms with van der Waals surface area (Å²) in [5.41, 5.74) is 0. The highest BCUT2D eigenvalue weighted by Gasteiger charge is 1.90. The van der Waals surface area contributed by atoms with Gasteiger partial charge in [-0.2, -0.15) is 0 Å². The molecule has 2 aromatic rings. The number of para-hydroxylation sites is 1. The van der Waals surface area contributed by atoms with Gasteiger partial charge in [0.15, 0.2) is 0 Å². The van der Waals surface area contributed by atoms with Gasteiger partial charge in [-0.3, -0.25) is 0 Å². The molecule has 0 amide bonds. The van der Waals surface area contributed by atoms with Gasteiger partial charge in [0.25, 0.3) is 0 Å². The van der Waals surface area contributed by atoms with Gasteiger partial charge in [0.05, 0.1) is 6.26 Å². The molecule has 1 aromatic heterocycles. The van der Waals surface area contributed by atoms with Gasteiger partial charge in [-0.05, 0) is 42.5 Å². The van der Waals surface area contributed by atoms with Gasteiger partial charge < -0.3 is 4.74 Å². The number of hydrogen-bond donors (Lipinski definition) is 0. The van der Waals surface area contributed by atoms with E-state index in [1.54, 1.807) is 17.6 Å². The molecule has 0 spiro atoms. The van der Waals surface area contributed by atoms with Crippen LogP contribution < -0.4 is 4.74 Å². The third kappa shape index (κ3) is 3.55. The lowest BCUT2D eigenvalue weighted by Crippen LogP contribution is -1.82. The maximum absolute atomic E-state index is 5.45. The minimum absolute atomic E-state index is 0.884. The summed E-state index contributed by atoms with van der Waals surface area (Å²) >= 11 is 1.80. The molecule has 0 radical (unpaired) electrons. The molecule has 0 aliphatic carbocycles. The fourth-order valence-corrected chi connectivity index (χ4v) is 2.10. The predicted octanol–water partition coefficient (Wildman–Crippen LogP) is 4.27. The first-order chi connectivity index (χ1) is 7.95. The van der Waals surface area contributed by atoms with Crippen LogP contribution in [0, 0.1) is 0 Å². The summed E-state index contributed by atoms with van der Waals surface area (Å²) in [6.07, 6.45) is 5.94. The van der Waals surface area contributed by atoms with Crippen molar-refractivity contribution in [3.63, 3.8) is 0 Å². The van der Waals surface area contributed by atoms with Crippen molar-refractivity contribution in [1.82, 2.24) is 0 Å². The largest absolute Gasteiger partial charge is 0.465 e. The summed E-state index contributed by atoms with van der Waals surface area (Å²) in [6, 6.07) is 14.1. The lowest BCUT2D eigenvalue weighted by molar-refractivity contribution is 0.478. The minimum atomic E-state index is 0.884. The van der Waals surface area contributed by atoms with Crippen molar-refractivity contribution in [3.05, 3.63) is 65.1 Å². The van der Waals surface area contributed by atoms with Crippen LogP contribution >= 0.6 is 11.3 Å². The Balaban J connectivity index is 1.70. The quantitative estimate of drug-likeness (QED) is 0.697. The second-order valence-electron chi connectivity index (χ2n) is 3.42. The Morgan fingerprint density at radius 1 is 1.06 bits per heavy atom. The monoisotopic (exact) mass is 230 g/mol. The van der Waals surface area contributed by atoms with E-state index in [2.05, 4.69) is 23.6 Å². The van der Waals surface area contributed by atoms with Crippen LogP contribution in [0.4, 0.5) is 0 Å². The van der Waals surface area contributed by atoms with E-state index in [0.29, 0.717) is 0 Å². The van der Waals surface area contributed by atoms with E-state index in [-0.39, 0.29) is 0 Å². The predicted molar refractivity (Wildman–Crippen MR) is 68.9 cm³/mol. The van der Waals surface area contributed by atoms with E-state index >= 15 is 0 Å². The SMILES string of the molecule is C(=C\Oc1ccccc1)/CCc1cccs1. The number of ether oxygens (including phenoxy) is 1. The van der Waals surface area contributed by atoms with Gasteiger partial charge in [-0.1, -0.05) is 24.3 Å². The lowest BCUT2D eigenvalue weighted by Gasteiger charge is -1.98. The molecule has 1 aromatic carbocycles. The second kappa shape index (κ2) is 6.13. The minimum Gasteiger partial charge on any atom is -0.465 e. The molecule has 82 valence electrons. The maximum atomic E-state index is 5.45. The normalized spacial score (nSPS) is 10.8. The zero-order valence-electron chi connectivity index (χ0n) is 9.00. The summed E-state index contributed by atoms with van der Waals surface area (Å²) in [7, 11) is 0. The summed E-state index contributed by atoms with van der Waals surface area (Å²) < 4.78 is 5.45. The number of hydrogen-bond acceptors (Lipinski definition) is 2. The molecule has 0 saturated heterocycles. The summed E-state index contributed by atoms with van der Waals surface area (Å²) in [6.45, 7) is 0. The summed E-state index contributed by atoms with van der Waals surface area (Å²) in [4.78, 5) is 1.42. The standard InChI is InChI=1S/C14H14OS/c1-2-7-13(8-3-1)15-11-5-4-9-14-10-6-12-16-14/h1-3,5-8,10-12H,4,9H2/b11-5+. The Morgan fingerprint density at radius 2 is 1.94 bits per heavy atom. The number of allylic oxidation sites excluding steroid dienone is 1. The molecular formula is C14H14OS. The summed E-state index contributed by atoms with van der Waals surface area (Å²) in [5.74, 6) is 0.884. The van der Waals surface area contributed by atoms with E-state index in [0.717, 1.165) is 18.6 Å².